The van der Waals surface area contributed by atoms with Gasteiger partial charge in [-0.3, -0.25) is 9.48 Å². The van der Waals surface area contributed by atoms with Gasteiger partial charge in [0, 0.05) is 17.2 Å². The summed E-state index contributed by atoms with van der Waals surface area (Å²) in [6.07, 6.45) is 2.67. The summed E-state index contributed by atoms with van der Waals surface area (Å²) in [6.45, 7) is -0.104. The van der Waals surface area contributed by atoms with Gasteiger partial charge in [0.05, 0.1) is 18.4 Å². The number of nitrogens with zero attached hydrogens (tertiary/aromatic N) is 5. The van der Waals surface area contributed by atoms with Crippen LogP contribution in [-0.4, -0.2) is 30.8 Å². The molecule has 0 spiro atoms. The molecule has 1 amide bonds. The van der Waals surface area contributed by atoms with Crippen LogP contribution >= 0.6 is 0 Å². The normalized spacial score (nSPS) is 11.0. The molecule has 3 aromatic heterocycles. The molecule has 9 nitrogen and oxygen atoms in total. The molecule has 0 bridgehead atoms. The second-order valence-corrected chi connectivity index (χ2v) is 7.62. The molecule has 0 atom stereocenters. The number of benzene rings is 2. The number of nitrogen functional groups attached to an aromatic ring is 1. The third kappa shape index (κ3) is 4.51. The van der Waals surface area contributed by atoms with Crippen LogP contribution in [0.1, 0.15) is 15.9 Å². The van der Waals surface area contributed by atoms with Crippen molar-refractivity contribution in [2.24, 2.45) is 0 Å². The standard InChI is InChI=1S/C24H16F3N7O2/c25-15-6-4-13(5-7-15)24(35)30-19-11-29-23(31-22(19)28)18-10-20(17-8-9-36-33-17)34(32-18)12-14-2-1-3-16(26)21(14)27/h1-11H,12H2,(H,30,35)(H2,28,29,31). The number of halogens is 3. The molecule has 3 N–H and O–H groups in total. The molecule has 3 heterocycles. The number of rotatable bonds is 6. The van der Waals surface area contributed by atoms with E-state index in [1.54, 1.807) is 12.1 Å². The van der Waals surface area contributed by atoms with Gasteiger partial charge < -0.3 is 15.6 Å². The number of carbonyl (C=O) groups excluding carboxylic acids is 1. The highest BCUT2D eigenvalue weighted by atomic mass is 19.2. The fourth-order valence-electron chi connectivity index (χ4n) is 3.44. The molecular formula is C24H16F3N7O2. The maximum atomic E-state index is 14.3. The van der Waals surface area contributed by atoms with Crippen molar-refractivity contribution in [1.29, 1.82) is 0 Å². The fourth-order valence-corrected chi connectivity index (χ4v) is 3.44. The van der Waals surface area contributed by atoms with Gasteiger partial charge in [-0.05, 0) is 36.4 Å². The number of amides is 1. The molecule has 0 aliphatic heterocycles. The number of nitrogens with two attached hydrogens (primary N) is 1. The molecule has 36 heavy (non-hydrogen) atoms. The summed E-state index contributed by atoms with van der Waals surface area (Å²) >= 11 is 0. The van der Waals surface area contributed by atoms with Crippen molar-refractivity contribution in [1.82, 2.24) is 24.9 Å². The van der Waals surface area contributed by atoms with Crippen LogP contribution in [0.3, 0.4) is 0 Å². The lowest BCUT2D eigenvalue weighted by atomic mass is 10.2. The number of aromatic nitrogens is 5. The van der Waals surface area contributed by atoms with E-state index in [4.69, 9.17) is 10.3 Å². The van der Waals surface area contributed by atoms with Gasteiger partial charge in [0.25, 0.3) is 5.91 Å². The Morgan fingerprint density at radius 3 is 2.58 bits per heavy atom. The van der Waals surface area contributed by atoms with Crippen LogP contribution in [0.15, 0.2) is 71.6 Å². The summed E-state index contributed by atoms with van der Waals surface area (Å²) in [6, 6.07) is 12.0. The minimum absolute atomic E-state index is 0.0378. The van der Waals surface area contributed by atoms with Crippen LogP contribution in [-0.2, 0) is 6.54 Å². The van der Waals surface area contributed by atoms with Crippen LogP contribution in [0, 0.1) is 17.5 Å². The molecule has 0 aliphatic carbocycles. The Kier molecular flexibility index (Phi) is 5.90. The minimum Gasteiger partial charge on any atom is -0.382 e. The average molecular weight is 491 g/mol. The zero-order valence-corrected chi connectivity index (χ0v) is 18.3. The highest BCUT2D eigenvalue weighted by Gasteiger charge is 2.19. The molecule has 5 aromatic rings. The van der Waals surface area contributed by atoms with Gasteiger partial charge in [-0.25, -0.2) is 23.1 Å². The SMILES string of the molecule is Nc1nc(-c2cc(-c3ccon3)n(Cc3cccc(F)c3F)n2)ncc1NC(=O)c1ccc(F)cc1. The van der Waals surface area contributed by atoms with Crippen LogP contribution in [0.25, 0.3) is 22.9 Å². The van der Waals surface area contributed by atoms with E-state index < -0.39 is 23.4 Å². The third-order valence-corrected chi connectivity index (χ3v) is 5.23. The Labute approximate surface area is 201 Å². The van der Waals surface area contributed by atoms with Gasteiger partial charge >= 0.3 is 0 Å². The molecule has 0 saturated carbocycles. The quantitative estimate of drug-likeness (QED) is 0.363. The highest BCUT2D eigenvalue weighted by molar-refractivity contribution is 6.05. The Bertz CT molecular complexity index is 1550. The monoisotopic (exact) mass is 491 g/mol. The molecule has 0 aliphatic rings. The van der Waals surface area contributed by atoms with Gasteiger partial charge in [0.2, 0.25) is 0 Å². The van der Waals surface area contributed by atoms with Crippen molar-refractivity contribution in [2.75, 3.05) is 11.1 Å². The Morgan fingerprint density at radius 1 is 1.06 bits per heavy atom. The van der Waals surface area contributed by atoms with E-state index in [9.17, 15) is 18.0 Å². The Hall–Kier alpha value is -5.00. The topological polar surface area (TPSA) is 125 Å². The Morgan fingerprint density at radius 2 is 1.86 bits per heavy atom. The molecular weight excluding hydrogens is 475 g/mol. The summed E-state index contributed by atoms with van der Waals surface area (Å²) < 4.78 is 47.4. The lowest BCUT2D eigenvalue weighted by Crippen LogP contribution is -2.14. The lowest BCUT2D eigenvalue weighted by Gasteiger charge is -2.08. The van der Waals surface area contributed by atoms with Crippen LogP contribution in [0.4, 0.5) is 24.7 Å². The number of hydrogen-bond donors (Lipinski definition) is 2. The second kappa shape index (κ2) is 9.33. The summed E-state index contributed by atoms with van der Waals surface area (Å²) in [5.41, 5.74) is 7.59. The van der Waals surface area contributed by atoms with Crippen molar-refractivity contribution in [3.05, 3.63) is 95.6 Å². The number of nitrogens with one attached hydrogen (secondary N) is 1. The molecule has 12 heteroatoms. The summed E-state index contributed by atoms with van der Waals surface area (Å²) in [7, 11) is 0. The van der Waals surface area contributed by atoms with E-state index in [0.717, 1.165) is 18.2 Å². The molecule has 0 saturated heterocycles. The van der Waals surface area contributed by atoms with Crippen LogP contribution in [0.2, 0.25) is 0 Å². The van der Waals surface area contributed by atoms with E-state index in [0.29, 0.717) is 11.4 Å². The largest absolute Gasteiger partial charge is 0.382 e. The molecule has 2 aromatic carbocycles. The first-order valence-corrected chi connectivity index (χ1v) is 10.5. The van der Waals surface area contributed by atoms with Crippen molar-refractivity contribution >= 4 is 17.4 Å². The molecule has 180 valence electrons. The molecule has 0 unspecified atom stereocenters. The van der Waals surface area contributed by atoms with Crippen LogP contribution in [0.5, 0.6) is 0 Å². The van der Waals surface area contributed by atoms with Crippen LogP contribution < -0.4 is 11.1 Å². The molecule has 0 fully saturated rings. The fraction of sp³-hybridized carbons (Fsp3) is 0.0417. The Balaban J connectivity index is 1.45. The number of anilines is 2. The average Bonchev–Trinajstić information content (AvgIpc) is 3.54. The summed E-state index contributed by atoms with van der Waals surface area (Å²) in [4.78, 5) is 20.8. The molecule has 0 radical (unpaired) electrons. The second-order valence-electron chi connectivity index (χ2n) is 7.62. The number of carbonyl (C=O) groups is 1. The van der Waals surface area contributed by atoms with Crippen molar-refractivity contribution < 1.29 is 22.5 Å². The first kappa shape index (κ1) is 22.8. The van der Waals surface area contributed by atoms with Crippen molar-refractivity contribution in [3.63, 3.8) is 0 Å². The number of hydrogen-bond acceptors (Lipinski definition) is 7. The smallest absolute Gasteiger partial charge is 0.255 e. The minimum atomic E-state index is -0.984. The highest BCUT2D eigenvalue weighted by Crippen LogP contribution is 2.27. The maximum Gasteiger partial charge on any atom is 0.255 e. The summed E-state index contributed by atoms with van der Waals surface area (Å²) in [5, 5.41) is 10.9. The van der Waals surface area contributed by atoms with Gasteiger partial charge in [-0.2, -0.15) is 5.10 Å². The lowest BCUT2D eigenvalue weighted by molar-refractivity contribution is 0.102. The first-order chi connectivity index (χ1) is 17.4. The predicted molar refractivity (Wildman–Crippen MR) is 123 cm³/mol. The van der Waals surface area contributed by atoms with E-state index in [2.05, 4.69) is 25.5 Å². The third-order valence-electron chi connectivity index (χ3n) is 5.23. The summed E-state index contributed by atoms with van der Waals surface area (Å²) in [5.74, 6) is -2.87. The zero-order chi connectivity index (χ0) is 25.2. The maximum absolute atomic E-state index is 14.3. The van der Waals surface area contributed by atoms with Gasteiger partial charge in [-0.15, -0.1) is 0 Å². The van der Waals surface area contributed by atoms with E-state index >= 15 is 0 Å². The van der Waals surface area contributed by atoms with Crippen molar-refractivity contribution in [2.45, 2.75) is 6.54 Å². The predicted octanol–water partition coefficient (Wildman–Crippen LogP) is 4.30. The van der Waals surface area contributed by atoms with Gasteiger partial charge in [-0.1, -0.05) is 17.3 Å². The van der Waals surface area contributed by atoms with Gasteiger partial charge in [0.15, 0.2) is 23.3 Å². The van der Waals surface area contributed by atoms with E-state index in [1.165, 1.54) is 41.4 Å². The van der Waals surface area contributed by atoms with Gasteiger partial charge in [0.1, 0.15) is 29.2 Å². The zero-order valence-electron chi connectivity index (χ0n) is 18.3. The van der Waals surface area contributed by atoms with Crippen molar-refractivity contribution in [3.8, 4) is 22.9 Å². The van der Waals surface area contributed by atoms with E-state index in [1.807, 2.05) is 0 Å². The molecule has 5 rings (SSSR count). The first-order valence-electron chi connectivity index (χ1n) is 10.5. The van der Waals surface area contributed by atoms with E-state index in [-0.39, 0.29) is 40.7 Å².